The Hall–Kier alpha value is -3.85. The van der Waals surface area contributed by atoms with Crippen LogP contribution in [0.4, 0.5) is 0 Å². The van der Waals surface area contributed by atoms with Crippen molar-refractivity contribution < 1.29 is 14.3 Å². The van der Waals surface area contributed by atoms with Gasteiger partial charge >= 0.3 is 0 Å². The molecule has 9 heteroatoms. The van der Waals surface area contributed by atoms with Gasteiger partial charge < -0.3 is 14.0 Å². The molecule has 178 valence electrons. The Labute approximate surface area is 207 Å². The summed E-state index contributed by atoms with van der Waals surface area (Å²) >= 11 is 1.35. The molecule has 0 unspecified atom stereocenters. The summed E-state index contributed by atoms with van der Waals surface area (Å²) in [4.78, 5) is 17.6. The third-order valence-corrected chi connectivity index (χ3v) is 6.76. The number of pyridine rings is 1. The topological polar surface area (TPSA) is 84.1 Å². The van der Waals surface area contributed by atoms with Crippen LogP contribution >= 0.6 is 11.8 Å². The largest absolute Gasteiger partial charge is 0.485 e. The zero-order valence-electron chi connectivity index (χ0n) is 19.5. The summed E-state index contributed by atoms with van der Waals surface area (Å²) in [7, 11) is 0. The number of ether oxygens (including phenoxy) is 2. The Bertz CT molecular complexity index is 1380. The van der Waals surface area contributed by atoms with E-state index >= 15 is 0 Å². The number of allylic oxidation sites excluding steroid dienone is 1. The summed E-state index contributed by atoms with van der Waals surface area (Å²) < 4.78 is 15.9. The molecule has 0 saturated heterocycles. The van der Waals surface area contributed by atoms with Gasteiger partial charge in [-0.2, -0.15) is 0 Å². The SMILES string of the molecule is C=CCn1c(SCC(=O)c2cc(C)n(-c3ccccn3)c2C)nnc1[C@H]1COc2ccccc2O1. The molecule has 0 spiro atoms. The number of hydrogen-bond acceptors (Lipinski definition) is 7. The minimum Gasteiger partial charge on any atom is -0.485 e. The van der Waals surface area contributed by atoms with E-state index in [9.17, 15) is 4.79 Å². The molecule has 0 saturated carbocycles. The van der Waals surface area contributed by atoms with Crippen LogP contribution in [0.2, 0.25) is 0 Å². The van der Waals surface area contributed by atoms with E-state index in [0.717, 1.165) is 17.2 Å². The van der Waals surface area contributed by atoms with Crippen molar-refractivity contribution in [1.29, 1.82) is 0 Å². The maximum absolute atomic E-state index is 13.2. The van der Waals surface area contributed by atoms with Crippen LogP contribution < -0.4 is 9.47 Å². The number of benzene rings is 1. The second kappa shape index (κ2) is 9.79. The Balaban J connectivity index is 1.34. The quantitative estimate of drug-likeness (QED) is 0.201. The molecule has 0 aliphatic carbocycles. The molecule has 0 amide bonds. The second-order valence-corrected chi connectivity index (χ2v) is 9.07. The molecule has 1 aromatic carbocycles. The molecule has 0 bridgehead atoms. The summed E-state index contributed by atoms with van der Waals surface area (Å²) in [6.45, 7) is 8.60. The summed E-state index contributed by atoms with van der Waals surface area (Å²) in [6, 6.07) is 15.2. The van der Waals surface area contributed by atoms with Crippen LogP contribution in [0.15, 0.2) is 72.5 Å². The van der Waals surface area contributed by atoms with Crippen LogP contribution in [0.25, 0.3) is 5.82 Å². The highest BCUT2D eigenvalue weighted by atomic mass is 32.2. The molecule has 0 fully saturated rings. The fourth-order valence-corrected chi connectivity index (χ4v) is 5.02. The first-order chi connectivity index (χ1) is 17.1. The normalized spacial score (nSPS) is 14.6. The van der Waals surface area contributed by atoms with Crippen LogP contribution in [0, 0.1) is 13.8 Å². The lowest BCUT2D eigenvalue weighted by atomic mass is 10.2. The minimum atomic E-state index is -0.403. The molecule has 1 aliphatic rings. The standard InChI is InChI=1S/C26H25N5O3S/c1-4-13-30-25(23-15-33-21-9-5-6-10-22(21)34-23)28-29-26(30)35-16-20(32)19-14-17(2)31(18(19)3)24-11-7-8-12-27-24/h4-12,14,23H,1,13,15-16H2,2-3H3/t23-/m1/s1. The molecule has 8 nitrogen and oxygen atoms in total. The first-order valence-corrected chi connectivity index (χ1v) is 12.2. The fourth-order valence-electron chi connectivity index (χ4n) is 4.18. The Kier molecular flexibility index (Phi) is 6.41. The molecule has 3 aromatic heterocycles. The van der Waals surface area contributed by atoms with Gasteiger partial charge in [0, 0.05) is 29.7 Å². The average Bonchev–Trinajstić information content (AvgIpc) is 3.42. The molecule has 35 heavy (non-hydrogen) atoms. The van der Waals surface area contributed by atoms with Crippen molar-refractivity contribution in [2.45, 2.75) is 31.7 Å². The van der Waals surface area contributed by atoms with Crippen molar-refractivity contribution >= 4 is 17.5 Å². The summed E-state index contributed by atoms with van der Waals surface area (Å²) in [6.07, 6.45) is 3.12. The van der Waals surface area contributed by atoms with E-state index in [1.54, 1.807) is 12.3 Å². The van der Waals surface area contributed by atoms with E-state index in [1.807, 2.05) is 71.5 Å². The third-order valence-electron chi connectivity index (χ3n) is 5.80. The maximum Gasteiger partial charge on any atom is 0.192 e. The Morgan fingerprint density at radius 1 is 1.17 bits per heavy atom. The highest BCUT2D eigenvalue weighted by Crippen LogP contribution is 2.36. The molecule has 5 rings (SSSR count). The number of fused-ring (bicyclic) bond motifs is 1. The molecule has 4 aromatic rings. The van der Waals surface area contributed by atoms with Gasteiger partial charge in [-0.15, -0.1) is 16.8 Å². The van der Waals surface area contributed by atoms with E-state index in [4.69, 9.17) is 9.47 Å². The average molecular weight is 488 g/mol. The molecule has 1 aliphatic heterocycles. The zero-order valence-corrected chi connectivity index (χ0v) is 20.4. The number of aryl methyl sites for hydroxylation is 1. The monoisotopic (exact) mass is 487 g/mol. The van der Waals surface area contributed by atoms with E-state index in [1.165, 1.54) is 11.8 Å². The summed E-state index contributed by atoms with van der Waals surface area (Å²) in [5.41, 5.74) is 2.50. The zero-order chi connectivity index (χ0) is 24.4. The lowest BCUT2D eigenvalue weighted by Crippen LogP contribution is -2.25. The van der Waals surface area contributed by atoms with Crippen LogP contribution in [0.5, 0.6) is 11.5 Å². The molecular weight excluding hydrogens is 462 g/mol. The predicted octanol–water partition coefficient (Wildman–Crippen LogP) is 4.75. The van der Waals surface area contributed by atoms with Gasteiger partial charge in [0.05, 0.1) is 5.75 Å². The first kappa shape index (κ1) is 22.9. The van der Waals surface area contributed by atoms with Gasteiger partial charge in [0.15, 0.2) is 34.4 Å². The van der Waals surface area contributed by atoms with Gasteiger partial charge in [0.2, 0.25) is 0 Å². The Morgan fingerprint density at radius 2 is 1.97 bits per heavy atom. The van der Waals surface area contributed by atoms with Crippen LogP contribution in [-0.4, -0.2) is 42.5 Å². The smallest absolute Gasteiger partial charge is 0.192 e. The fraction of sp³-hybridized carbons (Fsp3) is 0.231. The summed E-state index contributed by atoms with van der Waals surface area (Å²) in [5.74, 6) is 3.06. The van der Waals surface area contributed by atoms with Crippen molar-refractivity contribution in [3.05, 3.63) is 90.2 Å². The van der Waals surface area contributed by atoms with E-state index in [0.29, 0.717) is 41.2 Å². The maximum atomic E-state index is 13.2. The predicted molar refractivity (Wildman–Crippen MR) is 134 cm³/mol. The lowest BCUT2D eigenvalue weighted by Gasteiger charge is -2.26. The molecule has 1 atom stereocenters. The van der Waals surface area contributed by atoms with Gasteiger partial charge in [0.1, 0.15) is 12.4 Å². The highest BCUT2D eigenvalue weighted by Gasteiger charge is 2.28. The molecule has 4 heterocycles. The van der Waals surface area contributed by atoms with Crippen molar-refractivity contribution in [2.75, 3.05) is 12.4 Å². The second-order valence-electron chi connectivity index (χ2n) is 8.12. The van der Waals surface area contributed by atoms with E-state index in [-0.39, 0.29) is 11.5 Å². The number of carbonyl (C=O) groups excluding carboxylic acids is 1. The van der Waals surface area contributed by atoms with Gasteiger partial charge in [0.25, 0.3) is 0 Å². The number of para-hydroxylation sites is 2. The van der Waals surface area contributed by atoms with Gasteiger partial charge in [-0.3, -0.25) is 9.36 Å². The van der Waals surface area contributed by atoms with Crippen molar-refractivity contribution in [3.8, 4) is 17.3 Å². The van der Waals surface area contributed by atoms with Crippen molar-refractivity contribution in [1.82, 2.24) is 24.3 Å². The number of hydrogen-bond donors (Lipinski definition) is 0. The van der Waals surface area contributed by atoms with Crippen molar-refractivity contribution in [2.24, 2.45) is 0 Å². The third kappa shape index (κ3) is 4.46. The number of ketones is 1. The van der Waals surface area contributed by atoms with Crippen LogP contribution in [0.3, 0.4) is 0 Å². The number of aromatic nitrogens is 5. The molecule has 0 N–H and O–H groups in total. The number of carbonyl (C=O) groups is 1. The lowest BCUT2D eigenvalue weighted by molar-refractivity contribution is 0.0821. The summed E-state index contributed by atoms with van der Waals surface area (Å²) in [5, 5.41) is 9.36. The van der Waals surface area contributed by atoms with Crippen LogP contribution in [-0.2, 0) is 6.54 Å². The van der Waals surface area contributed by atoms with E-state index in [2.05, 4.69) is 21.8 Å². The Morgan fingerprint density at radius 3 is 2.74 bits per heavy atom. The first-order valence-electron chi connectivity index (χ1n) is 11.3. The number of rotatable bonds is 8. The van der Waals surface area contributed by atoms with Crippen molar-refractivity contribution in [3.63, 3.8) is 0 Å². The number of nitrogens with zero attached hydrogens (tertiary/aromatic N) is 5. The molecule has 0 radical (unpaired) electrons. The highest BCUT2D eigenvalue weighted by molar-refractivity contribution is 7.99. The molecular formula is C26H25N5O3S. The minimum absolute atomic E-state index is 0.0196. The van der Waals surface area contributed by atoms with E-state index < -0.39 is 6.10 Å². The van der Waals surface area contributed by atoms with Gasteiger partial charge in [-0.05, 0) is 44.2 Å². The van der Waals surface area contributed by atoms with Gasteiger partial charge in [-0.1, -0.05) is 36.0 Å². The number of thioether (sulfide) groups is 1. The van der Waals surface area contributed by atoms with Crippen LogP contribution in [0.1, 0.15) is 33.7 Å². The van der Waals surface area contributed by atoms with Gasteiger partial charge in [-0.25, -0.2) is 4.98 Å². The number of Topliss-reactive ketones (excluding diaryl/α,β-unsaturated/α-hetero) is 1.